The van der Waals surface area contributed by atoms with Crippen molar-refractivity contribution in [3.63, 3.8) is 0 Å². The van der Waals surface area contributed by atoms with Gasteiger partial charge in [0.05, 0.1) is 0 Å². The molecule has 0 spiro atoms. The van der Waals surface area contributed by atoms with Gasteiger partial charge in [0.1, 0.15) is 0 Å². The molecule has 3 heteroatoms. The van der Waals surface area contributed by atoms with E-state index in [9.17, 15) is 0 Å². The number of hydrogen-bond donors (Lipinski definition) is 2. The van der Waals surface area contributed by atoms with Crippen molar-refractivity contribution in [3.05, 3.63) is 0 Å². The number of hydrogen-bond acceptors (Lipinski definition) is 3. The van der Waals surface area contributed by atoms with Gasteiger partial charge in [0, 0.05) is 32.2 Å². The highest BCUT2D eigenvalue weighted by atomic mass is 15.2. The Morgan fingerprint density at radius 3 is 2.60 bits per heavy atom. The third-order valence-corrected chi connectivity index (χ3v) is 3.92. The van der Waals surface area contributed by atoms with Crippen LogP contribution in [0.1, 0.15) is 26.2 Å². The fourth-order valence-electron chi connectivity index (χ4n) is 3.11. The molecule has 2 heterocycles. The van der Waals surface area contributed by atoms with Crippen LogP contribution in [0.15, 0.2) is 0 Å². The van der Waals surface area contributed by atoms with Crippen LogP contribution in [-0.4, -0.2) is 50.2 Å². The molecule has 15 heavy (non-hydrogen) atoms. The summed E-state index contributed by atoms with van der Waals surface area (Å²) >= 11 is 0. The van der Waals surface area contributed by atoms with Crippen LogP contribution in [0.2, 0.25) is 0 Å². The molecule has 0 aliphatic carbocycles. The van der Waals surface area contributed by atoms with Crippen LogP contribution < -0.4 is 10.6 Å². The van der Waals surface area contributed by atoms with Crippen molar-refractivity contribution in [2.45, 2.75) is 32.2 Å². The third-order valence-electron chi connectivity index (χ3n) is 3.92. The molecule has 2 saturated heterocycles. The lowest BCUT2D eigenvalue weighted by Crippen LogP contribution is -2.53. The normalized spacial score (nSPS) is 31.4. The van der Waals surface area contributed by atoms with Gasteiger partial charge in [0.25, 0.3) is 0 Å². The molecule has 0 aromatic rings. The Kier molecular flexibility index (Phi) is 4.42. The second kappa shape index (κ2) is 5.83. The zero-order valence-corrected chi connectivity index (χ0v) is 9.97. The average Bonchev–Trinajstić information content (AvgIpc) is 2.33. The van der Waals surface area contributed by atoms with Gasteiger partial charge < -0.3 is 10.6 Å². The van der Waals surface area contributed by atoms with Crippen LogP contribution >= 0.6 is 0 Å². The summed E-state index contributed by atoms with van der Waals surface area (Å²) in [6.45, 7) is 9.66. The van der Waals surface area contributed by atoms with Crippen molar-refractivity contribution in [2.75, 3.05) is 39.3 Å². The summed E-state index contributed by atoms with van der Waals surface area (Å²) in [5.41, 5.74) is 0. The maximum Gasteiger partial charge on any atom is 0.0134 e. The zero-order valence-electron chi connectivity index (χ0n) is 9.97. The monoisotopic (exact) mass is 211 g/mol. The lowest BCUT2D eigenvalue weighted by Gasteiger charge is -2.40. The molecule has 0 radical (unpaired) electrons. The van der Waals surface area contributed by atoms with Crippen molar-refractivity contribution in [1.82, 2.24) is 15.5 Å². The molecule has 2 atom stereocenters. The standard InChI is InChI=1S/C12H25N3/c1-2-12(11-4-3-5-14-10-11)15-8-6-13-7-9-15/h11-14H,2-10H2,1H3. The zero-order chi connectivity index (χ0) is 10.5. The highest BCUT2D eigenvalue weighted by Crippen LogP contribution is 2.21. The quantitative estimate of drug-likeness (QED) is 0.718. The van der Waals surface area contributed by atoms with Gasteiger partial charge in [-0.2, -0.15) is 0 Å². The van der Waals surface area contributed by atoms with E-state index in [1.54, 1.807) is 0 Å². The minimum atomic E-state index is 0.819. The van der Waals surface area contributed by atoms with Gasteiger partial charge in [-0.25, -0.2) is 0 Å². The summed E-state index contributed by atoms with van der Waals surface area (Å²) in [4.78, 5) is 2.70. The molecule has 0 amide bonds. The van der Waals surface area contributed by atoms with Crippen LogP contribution in [0, 0.1) is 5.92 Å². The second-order valence-electron chi connectivity index (χ2n) is 4.87. The number of piperidine rings is 1. The number of piperazine rings is 1. The summed E-state index contributed by atoms with van der Waals surface area (Å²) in [6.07, 6.45) is 4.11. The summed E-state index contributed by atoms with van der Waals surface area (Å²) in [5.74, 6) is 0.891. The SMILES string of the molecule is CCC(C1CCCNC1)N1CCNCC1. The molecule has 2 rings (SSSR count). The Labute approximate surface area is 93.6 Å². The largest absolute Gasteiger partial charge is 0.316 e. The highest BCUT2D eigenvalue weighted by Gasteiger charge is 2.27. The topological polar surface area (TPSA) is 27.3 Å². The van der Waals surface area contributed by atoms with Gasteiger partial charge in [-0.15, -0.1) is 0 Å². The molecule has 0 aromatic heterocycles. The summed E-state index contributed by atoms with van der Waals surface area (Å²) in [7, 11) is 0. The Morgan fingerprint density at radius 2 is 2.00 bits per heavy atom. The first-order valence-electron chi connectivity index (χ1n) is 6.57. The Hall–Kier alpha value is -0.120. The first kappa shape index (κ1) is 11.4. The molecule has 2 aliphatic rings. The molecular weight excluding hydrogens is 186 g/mol. The van der Waals surface area contributed by atoms with Crippen molar-refractivity contribution in [2.24, 2.45) is 5.92 Å². The van der Waals surface area contributed by atoms with E-state index in [4.69, 9.17) is 0 Å². The molecular formula is C12H25N3. The maximum absolute atomic E-state index is 3.55. The minimum absolute atomic E-state index is 0.819. The molecule has 2 aliphatic heterocycles. The number of rotatable bonds is 3. The first-order chi connectivity index (χ1) is 7.42. The van der Waals surface area contributed by atoms with E-state index >= 15 is 0 Å². The lowest BCUT2D eigenvalue weighted by atomic mass is 9.89. The number of nitrogens with one attached hydrogen (secondary N) is 2. The predicted molar refractivity (Wildman–Crippen MR) is 64.1 cm³/mol. The van der Waals surface area contributed by atoms with Crippen molar-refractivity contribution >= 4 is 0 Å². The van der Waals surface area contributed by atoms with Crippen molar-refractivity contribution in [1.29, 1.82) is 0 Å². The molecule has 0 saturated carbocycles. The van der Waals surface area contributed by atoms with Crippen LogP contribution in [0.5, 0.6) is 0 Å². The average molecular weight is 211 g/mol. The van der Waals surface area contributed by atoms with Gasteiger partial charge in [-0.1, -0.05) is 6.92 Å². The van der Waals surface area contributed by atoms with E-state index in [2.05, 4.69) is 22.5 Å². The minimum Gasteiger partial charge on any atom is -0.316 e. The fraction of sp³-hybridized carbons (Fsp3) is 1.00. The van der Waals surface area contributed by atoms with Crippen molar-refractivity contribution < 1.29 is 0 Å². The van der Waals surface area contributed by atoms with Crippen molar-refractivity contribution in [3.8, 4) is 0 Å². The molecule has 0 bridgehead atoms. The Morgan fingerprint density at radius 1 is 1.20 bits per heavy atom. The van der Waals surface area contributed by atoms with E-state index in [1.807, 2.05) is 0 Å². The van der Waals surface area contributed by atoms with E-state index in [-0.39, 0.29) is 0 Å². The summed E-state index contributed by atoms with van der Waals surface area (Å²) in [5, 5.41) is 6.99. The first-order valence-corrected chi connectivity index (χ1v) is 6.57. The Balaban J connectivity index is 1.88. The van der Waals surface area contributed by atoms with E-state index < -0.39 is 0 Å². The molecule has 2 N–H and O–H groups in total. The third kappa shape index (κ3) is 2.92. The summed E-state index contributed by atoms with van der Waals surface area (Å²) < 4.78 is 0. The van der Waals surface area contributed by atoms with Gasteiger partial charge in [0.2, 0.25) is 0 Å². The highest BCUT2D eigenvalue weighted by molar-refractivity contribution is 4.84. The van der Waals surface area contributed by atoms with Gasteiger partial charge >= 0.3 is 0 Å². The second-order valence-corrected chi connectivity index (χ2v) is 4.87. The van der Waals surface area contributed by atoms with Crippen LogP contribution in [0.25, 0.3) is 0 Å². The molecule has 2 unspecified atom stereocenters. The van der Waals surface area contributed by atoms with Crippen LogP contribution in [0.3, 0.4) is 0 Å². The van der Waals surface area contributed by atoms with Gasteiger partial charge in [-0.3, -0.25) is 4.90 Å². The molecule has 88 valence electrons. The van der Waals surface area contributed by atoms with E-state index in [0.717, 1.165) is 12.0 Å². The van der Waals surface area contributed by atoms with Crippen LogP contribution in [0.4, 0.5) is 0 Å². The number of nitrogens with zero attached hydrogens (tertiary/aromatic N) is 1. The Bertz CT molecular complexity index is 154. The van der Waals surface area contributed by atoms with E-state index in [0.29, 0.717) is 0 Å². The molecule has 3 nitrogen and oxygen atoms in total. The smallest absolute Gasteiger partial charge is 0.0134 e. The molecule has 0 aromatic carbocycles. The van der Waals surface area contributed by atoms with Gasteiger partial charge in [-0.05, 0) is 38.3 Å². The maximum atomic E-state index is 3.55. The lowest BCUT2D eigenvalue weighted by molar-refractivity contribution is 0.106. The van der Waals surface area contributed by atoms with E-state index in [1.165, 1.54) is 58.5 Å². The molecule has 2 fully saturated rings. The van der Waals surface area contributed by atoms with Crippen LogP contribution in [-0.2, 0) is 0 Å². The summed E-state index contributed by atoms with van der Waals surface area (Å²) in [6, 6.07) is 0.819. The predicted octanol–water partition coefficient (Wildman–Crippen LogP) is 0.670. The van der Waals surface area contributed by atoms with Gasteiger partial charge in [0.15, 0.2) is 0 Å². The fourth-order valence-corrected chi connectivity index (χ4v) is 3.11.